The van der Waals surface area contributed by atoms with Gasteiger partial charge in [0.15, 0.2) is 0 Å². The Labute approximate surface area is 192 Å². The predicted octanol–water partition coefficient (Wildman–Crippen LogP) is 3.20. The van der Waals surface area contributed by atoms with Gasteiger partial charge in [0.2, 0.25) is 5.91 Å². The van der Waals surface area contributed by atoms with Crippen LogP contribution in [0.25, 0.3) is 11.3 Å². The lowest BCUT2D eigenvalue weighted by Crippen LogP contribution is -2.29. The summed E-state index contributed by atoms with van der Waals surface area (Å²) in [6, 6.07) is 17.3. The molecular formula is C25H28N4O4. The lowest BCUT2D eigenvalue weighted by Gasteiger charge is -2.28. The third kappa shape index (κ3) is 5.97. The van der Waals surface area contributed by atoms with Gasteiger partial charge in [0.05, 0.1) is 18.7 Å². The van der Waals surface area contributed by atoms with Gasteiger partial charge in [-0.2, -0.15) is 0 Å². The van der Waals surface area contributed by atoms with Crippen molar-refractivity contribution in [2.24, 2.45) is 7.05 Å². The monoisotopic (exact) mass is 448 g/mol. The highest BCUT2D eigenvalue weighted by atomic mass is 16.5. The van der Waals surface area contributed by atoms with E-state index >= 15 is 0 Å². The summed E-state index contributed by atoms with van der Waals surface area (Å²) >= 11 is 0. The highest BCUT2D eigenvalue weighted by molar-refractivity contribution is 5.78. The summed E-state index contributed by atoms with van der Waals surface area (Å²) in [6.45, 7) is 0.855. The fourth-order valence-corrected chi connectivity index (χ4v) is 4.12. The Hall–Kier alpha value is -3.68. The number of nitrogens with one attached hydrogen (secondary N) is 1. The zero-order chi connectivity index (χ0) is 23.0. The normalized spacial score (nSPS) is 17.8. The van der Waals surface area contributed by atoms with Crippen molar-refractivity contribution in [1.29, 1.82) is 0 Å². The van der Waals surface area contributed by atoms with Gasteiger partial charge < -0.3 is 14.8 Å². The molecule has 0 bridgehead atoms. The van der Waals surface area contributed by atoms with Crippen LogP contribution in [-0.4, -0.2) is 39.6 Å². The summed E-state index contributed by atoms with van der Waals surface area (Å²) in [5.41, 5.74) is 3.41. The molecule has 4 rings (SSSR count). The molecule has 0 spiro atoms. The van der Waals surface area contributed by atoms with Crippen molar-refractivity contribution in [2.75, 3.05) is 0 Å². The Kier molecular flexibility index (Phi) is 7.34. The molecule has 1 aromatic heterocycles. The van der Waals surface area contributed by atoms with Gasteiger partial charge in [0.25, 0.3) is 6.47 Å². The molecule has 2 atom stereocenters. The van der Waals surface area contributed by atoms with Crippen LogP contribution in [0.2, 0.25) is 0 Å². The van der Waals surface area contributed by atoms with Gasteiger partial charge in [-0.15, -0.1) is 5.10 Å². The first-order chi connectivity index (χ1) is 16.1. The largest absolute Gasteiger partial charge is 0.490 e. The number of aromatic nitrogens is 3. The second-order valence-electron chi connectivity index (χ2n) is 8.23. The van der Waals surface area contributed by atoms with Crippen molar-refractivity contribution >= 4 is 12.4 Å². The molecule has 8 heteroatoms. The number of carbonyl (C=O) groups excluding carboxylic acids is 2. The van der Waals surface area contributed by atoms with Gasteiger partial charge in [-0.05, 0) is 49.1 Å². The second kappa shape index (κ2) is 10.8. The first kappa shape index (κ1) is 22.5. The Morgan fingerprint density at radius 3 is 2.64 bits per heavy atom. The highest BCUT2D eigenvalue weighted by Gasteiger charge is 2.24. The first-order valence-corrected chi connectivity index (χ1v) is 11.2. The third-order valence-electron chi connectivity index (χ3n) is 5.86. The molecule has 1 aliphatic carbocycles. The molecular weight excluding hydrogens is 420 g/mol. The molecule has 8 nitrogen and oxygen atoms in total. The van der Waals surface area contributed by atoms with E-state index < -0.39 is 0 Å². The Balaban J connectivity index is 1.37. The number of ether oxygens (including phenoxy) is 2. The number of nitrogens with zero attached hydrogens (tertiary/aromatic N) is 3. The van der Waals surface area contributed by atoms with Crippen LogP contribution in [0.4, 0.5) is 0 Å². The average molecular weight is 449 g/mol. The number of carbonyl (C=O) groups is 2. The van der Waals surface area contributed by atoms with Crippen molar-refractivity contribution in [3.05, 3.63) is 65.9 Å². The maximum absolute atomic E-state index is 12.4. The summed E-state index contributed by atoms with van der Waals surface area (Å²) in [6.07, 6.45) is 3.79. The zero-order valence-corrected chi connectivity index (χ0v) is 18.6. The molecule has 2 aromatic carbocycles. The summed E-state index contributed by atoms with van der Waals surface area (Å²) in [5.74, 6) is 0.707. The van der Waals surface area contributed by atoms with E-state index in [2.05, 4.69) is 15.6 Å². The Morgan fingerprint density at radius 1 is 1.12 bits per heavy atom. The van der Waals surface area contributed by atoms with Crippen LogP contribution in [0.3, 0.4) is 0 Å². The average Bonchev–Trinajstić information content (AvgIpc) is 3.19. The van der Waals surface area contributed by atoms with E-state index in [0.717, 1.165) is 47.5 Å². The maximum Gasteiger partial charge on any atom is 0.293 e. The molecule has 0 saturated heterocycles. The fraction of sp³-hybridized carbons (Fsp3) is 0.360. The van der Waals surface area contributed by atoms with Crippen molar-refractivity contribution in [3.8, 4) is 17.0 Å². The summed E-state index contributed by atoms with van der Waals surface area (Å²) in [5, 5.41) is 11.4. The zero-order valence-electron chi connectivity index (χ0n) is 18.6. The van der Waals surface area contributed by atoms with Gasteiger partial charge in [-0.25, -0.2) is 4.68 Å². The van der Waals surface area contributed by atoms with Crippen molar-refractivity contribution < 1.29 is 19.1 Å². The van der Waals surface area contributed by atoms with Gasteiger partial charge in [-0.1, -0.05) is 35.5 Å². The summed E-state index contributed by atoms with van der Waals surface area (Å²) in [7, 11) is 1.81. The number of amides is 1. The SMILES string of the molecule is Cn1nnc(-c2ccc(O[C@H]3CCC[C@H](OC=O)C3)cc2)c1CNC(=O)Cc1ccccc1. The smallest absolute Gasteiger partial charge is 0.293 e. The van der Waals surface area contributed by atoms with E-state index in [-0.39, 0.29) is 18.1 Å². The second-order valence-corrected chi connectivity index (χ2v) is 8.23. The molecule has 0 radical (unpaired) electrons. The van der Waals surface area contributed by atoms with Gasteiger partial charge in [0.1, 0.15) is 23.7 Å². The van der Waals surface area contributed by atoms with Gasteiger partial charge in [-0.3, -0.25) is 9.59 Å². The topological polar surface area (TPSA) is 95.3 Å². The van der Waals surface area contributed by atoms with E-state index in [1.54, 1.807) is 4.68 Å². The minimum absolute atomic E-state index is 0.0291. The number of benzene rings is 2. The first-order valence-electron chi connectivity index (χ1n) is 11.2. The minimum Gasteiger partial charge on any atom is -0.490 e. The van der Waals surface area contributed by atoms with E-state index in [1.807, 2.05) is 61.6 Å². The third-order valence-corrected chi connectivity index (χ3v) is 5.86. The molecule has 172 valence electrons. The van der Waals surface area contributed by atoms with Crippen LogP contribution in [0.5, 0.6) is 5.75 Å². The lowest BCUT2D eigenvalue weighted by molar-refractivity contribution is -0.136. The molecule has 3 aromatic rings. The van der Waals surface area contributed by atoms with Crippen LogP contribution in [0, 0.1) is 0 Å². The fourth-order valence-electron chi connectivity index (χ4n) is 4.12. The van der Waals surface area contributed by atoms with Crippen LogP contribution >= 0.6 is 0 Å². The summed E-state index contributed by atoms with van der Waals surface area (Å²) < 4.78 is 12.9. The van der Waals surface area contributed by atoms with Gasteiger partial charge in [0, 0.05) is 19.0 Å². The van der Waals surface area contributed by atoms with E-state index in [9.17, 15) is 9.59 Å². The number of hydrogen-bond donors (Lipinski definition) is 1. The highest BCUT2D eigenvalue weighted by Crippen LogP contribution is 2.28. The summed E-state index contributed by atoms with van der Waals surface area (Å²) in [4.78, 5) is 23.0. The van der Waals surface area contributed by atoms with Crippen LogP contribution in [-0.2, 0) is 34.3 Å². The molecule has 1 heterocycles. The number of hydrogen-bond acceptors (Lipinski definition) is 6. The molecule has 1 fully saturated rings. The molecule has 0 unspecified atom stereocenters. The molecule has 1 N–H and O–H groups in total. The molecule has 0 aliphatic heterocycles. The van der Waals surface area contributed by atoms with E-state index in [1.165, 1.54) is 0 Å². The van der Waals surface area contributed by atoms with E-state index in [4.69, 9.17) is 9.47 Å². The number of aryl methyl sites for hydroxylation is 1. The molecule has 1 aliphatic rings. The van der Waals surface area contributed by atoms with Gasteiger partial charge >= 0.3 is 0 Å². The Bertz CT molecular complexity index is 1070. The van der Waals surface area contributed by atoms with E-state index in [0.29, 0.717) is 25.9 Å². The van der Waals surface area contributed by atoms with Crippen LogP contribution < -0.4 is 10.1 Å². The molecule has 1 amide bonds. The van der Waals surface area contributed by atoms with Crippen molar-refractivity contribution in [1.82, 2.24) is 20.3 Å². The van der Waals surface area contributed by atoms with Crippen molar-refractivity contribution in [3.63, 3.8) is 0 Å². The maximum atomic E-state index is 12.4. The number of rotatable bonds is 9. The van der Waals surface area contributed by atoms with Crippen LogP contribution in [0.15, 0.2) is 54.6 Å². The standard InChI is InChI=1S/C25H28N4O4/c1-29-23(16-26-24(31)14-18-6-3-2-4-7-18)25(27-28-29)19-10-12-20(13-11-19)33-22-9-5-8-21(15-22)32-17-30/h2-4,6-7,10-13,17,21-22H,5,8-9,14-16H2,1H3,(H,26,31)/t21-,22-/m0/s1. The molecule has 1 saturated carbocycles. The quantitative estimate of drug-likeness (QED) is 0.505. The lowest BCUT2D eigenvalue weighted by atomic mass is 9.95. The Morgan fingerprint density at radius 2 is 1.88 bits per heavy atom. The minimum atomic E-state index is -0.0697. The predicted molar refractivity (Wildman–Crippen MR) is 122 cm³/mol. The molecule has 33 heavy (non-hydrogen) atoms. The van der Waals surface area contributed by atoms with Crippen LogP contribution in [0.1, 0.15) is 36.9 Å². The van der Waals surface area contributed by atoms with Crippen molar-refractivity contribution in [2.45, 2.75) is 50.9 Å².